The molecule has 0 atom stereocenters. The molecule has 0 bridgehead atoms. The van der Waals surface area contributed by atoms with Crippen LogP contribution in [0.3, 0.4) is 0 Å². The van der Waals surface area contributed by atoms with Crippen LogP contribution in [0.1, 0.15) is 24.3 Å². The van der Waals surface area contributed by atoms with E-state index in [-0.39, 0.29) is 24.2 Å². The van der Waals surface area contributed by atoms with Crippen LogP contribution in [0.5, 0.6) is 0 Å². The molecular formula is C24H25N3O3. The summed E-state index contributed by atoms with van der Waals surface area (Å²) in [5.74, 6) is 1.17. The summed E-state index contributed by atoms with van der Waals surface area (Å²) in [5.41, 5.74) is 2.36. The zero-order chi connectivity index (χ0) is 20.9. The Morgan fingerprint density at radius 1 is 1.03 bits per heavy atom. The quantitative estimate of drug-likeness (QED) is 0.697. The number of anilines is 1. The third-order valence-corrected chi connectivity index (χ3v) is 5.49. The maximum atomic E-state index is 12.8. The van der Waals surface area contributed by atoms with E-state index >= 15 is 0 Å². The Morgan fingerprint density at radius 2 is 1.67 bits per heavy atom. The molecule has 0 radical (unpaired) electrons. The highest BCUT2D eigenvalue weighted by Crippen LogP contribution is 2.24. The molecule has 2 aromatic carbocycles. The predicted molar refractivity (Wildman–Crippen MR) is 115 cm³/mol. The smallest absolute Gasteiger partial charge is 0.228 e. The summed E-state index contributed by atoms with van der Waals surface area (Å²) in [6.07, 6.45) is 1.54. The van der Waals surface area contributed by atoms with Crippen molar-refractivity contribution in [2.75, 3.05) is 18.4 Å². The molecule has 30 heavy (non-hydrogen) atoms. The van der Waals surface area contributed by atoms with Gasteiger partial charge in [-0.1, -0.05) is 36.4 Å². The maximum absolute atomic E-state index is 12.8. The molecule has 0 saturated carbocycles. The van der Waals surface area contributed by atoms with Crippen LogP contribution in [-0.2, 0) is 16.0 Å². The highest BCUT2D eigenvalue weighted by Gasteiger charge is 2.28. The molecule has 2 heterocycles. The Morgan fingerprint density at radius 3 is 2.33 bits per heavy atom. The van der Waals surface area contributed by atoms with Gasteiger partial charge in [-0.15, -0.1) is 0 Å². The number of aromatic nitrogens is 1. The summed E-state index contributed by atoms with van der Waals surface area (Å²) in [7, 11) is 0. The van der Waals surface area contributed by atoms with Gasteiger partial charge in [0.15, 0.2) is 0 Å². The Balaban J connectivity index is 1.32. The summed E-state index contributed by atoms with van der Waals surface area (Å²) >= 11 is 0. The Kier molecular flexibility index (Phi) is 5.93. The van der Waals surface area contributed by atoms with Gasteiger partial charge in [0, 0.05) is 30.3 Å². The number of amides is 2. The van der Waals surface area contributed by atoms with E-state index < -0.39 is 0 Å². The summed E-state index contributed by atoms with van der Waals surface area (Å²) < 4.78 is 5.76. The molecule has 154 valence electrons. The van der Waals surface area contributed by atoms with Crippen molar-refractivity contribution in [3.8, 4) is 11.5 Å². The zero-order valence-electron chi connectivity index (χ0n) is 17.0. The molecule has 1 aliphatic heterocycles. The number of carbonyl (C=O) groups excluding carboxylic acids is 2. The first kappa shape index (κ1) is 19.9. The molecule has 0 unspecified atom stereocenters. The summed E-state index contributed by atoms with van der Waals surface area (Å²) in [5, 5.41) is 2.96. The molecule has 1 N–H and O–H groups in total. The molecule has 4 rings (SSSR count). The van der Waals surface area contributed by atoms with Crippen molar-refractivity contribution in [3.63, 3.8) is 0 Å². The van der Waals surface area contributed by atoms with Gasteiger partial charge in [-0.2, -0.15) is 0 Å². The van der Waals surface area contributed by atoms with E-state index in [0.29, 0.717) is 43.3 Å². The molecule has 0 spiro atoms. The minimum absolute atomic E-state index is 0.0212. The monoisotopic (exact) mass is 403 g/mol. The van der Waals surface area contributed by atoms with Crippen molar-refractivity contribution in [1.29, 1.82) is 0 Å². The Bertz CT molecular complexity index is 1010. The van der Waals surface area contributed by atoms with Gasteiger partial charge < -0.3 is 14.6 Å². The minimum atomic E-state index is -0.0762. The second kappa shape index (κ2) is 8.95. The lowest BCUT2D eigenvalue weighted by Gasteiger charge is -2.31. The van der Waals surface area contributed by atoms with E-state index in [1.54, 1.807) is 0 Å². The van der Waals surface area contributed by atoms with Crippen molar-refractivity contribution in [1.82, 2.24) is 9.88 Å². The number of benzene rings is 2. The number of para-hydroxylation sites is 1. The molecule has 0 aliphatic carbocycles. The fraction of sp³-hybridized carbons (Fsp3) is 0.292. The van der Waals surface area contributed by atoms with Gasteiger partial charge in [0.1, 0.15) is 5.76 Å². The van der Waals surface area contributed by atoms with Crippen molar-refractivity contribution >= 4 is 17.5 Å². The molecule has 3 aromatic rings. The Labute approximate surface area is 175 Å². The average Bonchev–Trinajstić information content (AvgIpc) is 3.15. The van der Waals surface area contributed by atoms with Gasteiger partial charge in [0.25, 0.3) is 0 Å². The molecule has 1 aromatic heterocycles. The standard InChI is InChI=1S/C24H25N3O3/c1-17-21(26-24(30-17)19-8-4-2-5-9-19)16-22(28)27-14-12-18(13-15-27)23(29)25-20-10-6-3-7-11-20/h2-11,18H,12-16H2,1H3,(H,25,29). The molecule has 6 heteroatoms. The van der Waals surface area contributed by atoms with Crippen molar-refractivity contribution in [2.24, 2.45) is 5.92 Å². The van der Waals surface area contributed by atoms with E-state index in [4.69, 9.17) is 4.42 Å². The van der Waals surface area contributed by atoms with Crippen LogP contribution in [-0.4, -0.2) is 34.8 Å². The van der Waals surface area contributed by atoms with E-state index in [1.807, 2.05) is 72.5 Å². The molecule has 1 saturated heterocycles. The maximum Gasteiger partial charge on any atom is 0.228 e. The number of hydrogen-bond acceptors (Lipinski definition) is 4. The van der Waals surface area contributed by atoms with Gasteiger partial charge >= 0.3 is 0 Å². The van der Waals surface area contributed by atoms with Crippen LogP contribution in [0.4, 0.5) is 5.69 Å². The van der Waals surface area contributed by atoms with Gasteiger partial charge in [-0.3, -0.25) is 9.59 Å². The number of rotatable bonds is 5. The summed E-state index contributed by atoms with van der Waals surface area (Å²) in [6, 6.07) is 19.1. The van der Waals surface area contributed by atoms with Crippen LogP contribution in [0, 0.1) is 12.8 Å². The second-order valence-corrected chi connectivity index (χ2v) is 7.58. The highest BCUT2D eigenvalue weighted by molar-refractivity contribution is 5.92. The first-order valence-corrected chi connectivity index (χ1v) is 10.3. The van der Waals surface area contributed by atoms with Crippen LogP contribution in [0.25, 0.3) is 11.5 Å². The molecule has 2 amide bonds. The van der Waals surface area contributed by atoms with E-state index in [0.717, 1.165) is 11.3 Å². The molecule has 1 aliphatic rings. The SMILES string of the molecule is Cc1oc(-c2ccccc2)nc1CC(=O)N1CCC(C(=O)Nc2ccccc2)CC1. The van der Waals surface area contributed by atoms with Gasteiger partial charge in [0.05, 0.1) is 12.1 Å². The number of likely N-dealkylation sites (tertiary alicyclic amines) is 1. The number of carbonyl (C=O) groups is 2. The third-order valence-electron chi connectivity index (χ3n) is 5.49. The first-order chi connectivity index (χ1) is 14.6. The average molecular weight is 403 g/mol. The number of piperidine rings is 1. The fourth-order valence-electron chi connectivity index (χ4n) is 3.71. The number of nitrogens with zero attached hydrogens (tertiary/aromatic N) is 2. The van der Waals surface area contributed by atoms with Crippen LogP contribution in [0.2, 0.25) is 0 Å². The third kappa shape index (κ3) is 4.59. The van der Waals surface area contributed by atoms with E-state index in [9.17, 15) is 9.59 Å². The Hall–Kier alpha value is -3.41. The minimum Gasteiger partial charge on any atom is -0.441 e. The lowest BCUT2D eigenvalue weighted by Crippen LogP contribution is -2.42. The van der Waals surface area contributed by atoms with Crippen molar-refractivity contribution in [3.05, 3.63) is 72.1 Å². The number of hydrogen-bond donors (Lipinski definition) is 1. The summed E-state index contributed by atoms with van der Waals surface area (Å²) in [4.78, 5) is 31.6. The topological polar surface area (TPSA) is 75.4 Å². The predicted octanol–water partition coefficient (Wildman–Crippen LogP) is 4.07. The first-order valence-electron chi connectivity index (χ1n) is 10.3. The zero-order valence-corrected chi connectivity index (χ0v) is 17.0. The number of oxazole rings is 1. The lowest BCUT2D eigenvalue weighted by molar-refractivity contribution is -0.133. The van der Waals surface area contributed by atoms with Crippen molar-refractivity contribution in [2.45, 2.75) is 26.2 Å². The van der Waals surface area contributed by atoms with Gasteiger partial charge in [-0.25, -0.2) is 4.98 Å². The van der Waals surface area contributed by atoms with Crippen LogP contribution >= 0.6 is 0 Å². The van der Waals surface area contributed by atoms with Gasteiger partial charge in [-0.05, 0) is 44.0 Å². The normalized spacial score (nSPS) is 14.5. The summed E-state index contributed by atoms with van der Waals surface area (Å²) in [6.45, 7) is 2.99. The van der Waals surface area contributed by atoms with Crippen molar-refractivity contribution < 1.29 is 14.0 Å². The molecular weight excluding hydrogens is 378 g/mol. The molecule has 1 fully saturated rings. The lowest BCUT2D eigenvalue weighted by atomic mass is 9.95. The second-order valence-electron chi connectivity index (χ2n) is 7.58. The van der Waals surface area contributed by atoms with E-state index in [1.165, 1.54) is 0 Å². The fourth-order valence-corrected chi connectivity index (χ4v) is 3.71. The largest absolute Gasteiger partial charge is 0.441 e. The van der Waals surface area contributed by atoms with Gasteiger partial charge in [0.2, 0.25) is 17.7 Å². The highest BCUT2D eigenvalue weighted by atomic mass is 16.4. The molecule has 6 nitrogen and oxygen atoms in total. The van der Waals surface area contributed by atoms with Crippen LogP contribution < -0.4 is 5.32 Å². The number of aryl methyl sites for hydroxylation is 1. The number of nitrogens with one attached hydrogen (secondary N) is 1. The van der Waals surface area contributed by atoms with Crippen LogP contribution in [0.15, 0.2) is 65.1 Å². The van der Waals surface area contributed by atoms with E-state index in [2.05, 4.69) is 10.3 Å².